The molecule has 1 rings (SSSR count). The maximum Gasteiger partial charge on any atom is 0.343 e. The Bertz CT molecular complexity index is 483. The standard InChI is InChI=1S/C8H7NO8/c9-3-1-2(7(10)11)5(16-14)4(8(12)13)6(3)17-15/h1,14-15H,9H2,(H,10,11)(H,12,13). The van der Waals surface area contributed by atoms with Gasteiger partial charge in [-0.3, -0.25) is 0 Å². The highest BCUT2D eigenvalue weighted by atomic mass is 17.1. The van der Waals surface area contributed by atoms with E-state index in [1.807, 2.05) is 0 Å². The number of benzene rings is 1. The molecule has 17 heavy (non-hydrogen) atoms. The van der Waals surface area contributed by atoms with E-state index in [1.54, 1.807) is 0 Å². The molecule has 0 saturated heterocycles. The first kappa shape index (κ1) is 12.5. The Kier molecular flexibility index (Phi) is 3.36. The lowest BCUT2D eigenvalue weighted by atomic mass is 10.1. The summed E-state index contributed by atoms with van der Waals surface area (Å²) in [5.41, 5.74) is 3.24. The Hall–Kier alpha value is -2.52. The van der Waals surface area contributed by atoms with Gasteiger partial charge in [0.15, 0.2) is 11.3 Å². The Balaban J connectivity index is 3.71. The zero-order valence-corrected chi connectivity index (χ0v) is 8.08. The van der Waals surface area contributed by atoms with Crippen LogP contribution in [0.15, 0.2) is 6.07 Å². The summed E-state index contributed by atoms with van der Waals surface area (Å²) < 4.78 is 0. The molecule has 0 aliphatic carbocycles. The van der Waals surface area contributed by atoms with Crippen molar-refractivity contribution >= 4 is 17.6 Å². The average Bonchev–Trinajstić information content (AvgIpc) is 2.26. The van der Waals surface area contributed by atoms with Crippen molar-refractivity contribution in [3.8, 4) is 11.5 Å². The Morgan fingerprint density at radius 1 is 1.06 bits per heavy atom. The second-order valence-electron chi connectivity index (χ2n) is 2.84. The molecular formula is C8H7NO8. The summed E-state index contributed by atoms with van der Waals surface area (Å²) in [6.45, 7) is 0. The van der Waals surface area contributed by atoms with Crippen LogP contribution in [-0.2, 0) is 0 Å². The summed E-state index contributed by atoms with van der Waals surface area (Å²) in [5, 5.41) is 34.5. The van der Waals surface area contributed by atoms with E-state index < -0.39 is 40.3 Å². The monoisotopic (exact) mass is 245 g/mol. The largest absolute Gasteiger partial charge is 0.478 e. The summed E-state index contributed by atoms with van der Waals surface area (Å²) in [7, 11) is 0. The number of nitrogen functional groups attached to an aromatic ring is 1. The van der Waals surface area contributed by atoms with Gasteiger partial charge in [-0.1, -0.05) is 0 Å². The molecule has 0 aliphatic heterocycles. The molecule has 92 valence electrons. The predicted molar refractivity (Wildman–Crippen MR) is 51.3 cm³/mol. The van der Waals surface area contributed by atoms with Crippen LogP contribution in [0.5, 0.6) is 11.5 Å². The molecule has 9 nitrogen and oxygen atoms in total. The molecule has 0 saturated carbocycles. The van der Waals surface area contributed by atoms with Crippen LogP contribution in [0, 0.1) is 0 Å². The molecule has 0 aromatic heterocycles. The first-order chi connectivity index (χ1) is 7.93. The van der Waals surface area contributed by atoms with Gasteiger partial charge in [0, 0.05) is 0 Å². The fraction of sp³-hybridized carbons (Fsp3) is 0. The van der Waals surface area contributed by atoms with Gasteiger partial charge in [-0.15, -0.1) is 0 Å². The number of nitrogens with two attached hydrogens (primary N) is 1. The van der Waals surface area contributed by atoms with Gasteiger partial charge in [0.1, 0.15) is 5.56 Å². The quantitative estimate of drug-likeness (QED) is 0.286. The van der Waals surface area contributed by atoms with Crippen molar-refractivity contribution in [3.63, 3.8) is 0 Å². The highest BCUT2D eigenvalue weighted by Crippen LogP contribution is 2.37. The third kappa shape index (κ3) is 2.04. The SMILES string of the molecule is Nc1cc(C(=O)O)c(OO)c(C(=O)O)c1OO. The van der Waals surface area contributed by atoms with E-state index in [2.05, 4.69) is 9.78 Å². The van der Waals surface area contributed by atoms with E-state index in [9.17, 15) is 9.59 Å². The van der Waals surface area contributed by atoms with Crippen molar-refractivity contribution in [1.82, 2.24) is 0 Å². The lowest BCUT2D eigenvalue weighted by Crippen LogP contribution is -2.11. The minimum absolute atomic E-state index is 0.442. The number of rotatable bonds is 4. The van der Waals surface area contributed by atoms with E-state index in [0.29, 0.717) is 0 Å². The topological polar surface area (TPSA) is 160 Å². The van der Waals surface area contributed by atoms with Crippen LogP contribution in [0.25, 0.3) is 0 Å². The fourth-order valence-electron chi connectivity index (χ4n) is 1.21. The number of carboxylic acid groups (broad SMARTS) is 2. The van der Waals surface area contributed by atoms with Crippen LogP contribution in [0.2, 0.25) is 0 Å². The van der Waals surface area contributed by atoms with Crippen LogP contribution in [0.1, 0.15) is 20.7 Å². The van der Waals surface area contributed by atoms with Gasteiger partial charge in [-0.25, -0.2) is 20.1 Å². The van der Waals surface area contributed by atoms with Crippen LogP contribution in [0.4, 0.5) is 5.69 Å². The Morgan fingerprint density at radius 2 is 1.59 bits per heavy atom. The molecule has 0 aliphatic rings. The number of anilines is 1. The van der Waals surface area contributed by atoms with Gasteiger partial charge in [-0.2, -0.15) is 0 Å². The van der Waals surface area contributed by atoms with Crippen molar-refractivity contribution in [3.05, 3.63) is 17.2 Å². The highest BCUT2D eigenvalue weighted by Gasteiger charge is 2.28. The fourth-order valence-corrected chi connectivity index (χ4v) is 1.21. The molecule has 0 fully saturated rings. The first-order valence-corrected chi connectivity index (χ1v) is 3.99. The highest BCUT2D eigenvalue weighted by molar-refractivity contribution is 6.03. The average molecular weight is 245 g/mol. The summed E-state index contributed by atoms with van der Waals surface area (Å²) in [4.78, 5) is 29.0. The van der Waals surface area contributed by atoms with Crippen molar-refractivity contribution in [2.75, 3.05) is 5.73 Å². The number of hydrogen-bond donors (Lipinski definition) is 5. The number of aromatic carboxylic acids is 2. The second-order valence-corrected chi connectivity index (χ2v) is 2.84. The van der Waals surface area contributed by atoms with Crippen molar-refractivity contribution in [2.45, 2.75) is 0 Å². The summed E-state index contributed by atoms with van der Waals surface area (Å²) in [6.07, 6.45) is 0. The molecule has 1 aromatic rings. The van der Waals surface area contributed by atoms with Crippen LogP contribution in [0.3, 0.4) is 0 Å². The predicted octanol–water partition coefficient (Wildman–Crippen LogP) is 0.369. The zero-order valence-electron chi connectivity index (χ0n) is 8.08. The maximum atomic E-state index is 10.9. The summed E-state index contributed by atoms with van der Waals surface area (Å²) in [6, 6.07) is 0.770. The van der Waals surface area contributed by atoms with Gasteiger partial charge >= 0.3 is 11.9 Å². The molecule has 0 atom stereocenters. The van der Waals surface area contributed by atoms with Gasteiger partial charge in [0.05, 0.1) is 5.69 Å². The maximum absolute atomic E-state index is 10.9. The summed E-state index contributed by atoms with van der Waals surface area (Å²) >= 11 is 0. The van der Waals surface area contributed by atoms with Gasteiger partial charge in [0.25, 0.3) is 0 Å². The normalized spacial score (nSPS) is 9.76. The molecule has 0 radical (unpaired) electrons. The lowest BCUT2D eigenvalue weighted by Gasteiger charge is -2.11. The van der Waals surface area contributed by atoms with Crippen LogP contribution < -0.4 is 15.5 Å². The van der Waals surface area contributed by atoms with Crippen LogP contribution >= 0.6 is 0 Å². The van der Waals surface area contributed by atoms with Crippen LogP contribution in [-0.4, -0.2) is 32.7 Å². The molecule has 0 heterocycles. The van der Waals surface area contributed by atoms with E-state index >= 15 is 0 Å². The van der Waals surface area contributed by atoms with E-state index in [-0.39, 0.29) is 0 Å². The zero-order chi connectivity index (χ0) is 13.2. The van der Waals surface area contributed by atoms with E-state index in [0.717, 1.165) is 6.07 Å². The Labute approximate surface area is 93.1 Å². The lowest BCUT2D eigenvalue weighted by molar-refractivity contribution is -0.145. The number of carboxylic acids is 2. The molecule has 1 aromatic carbocycles. The Morgan fingerprint density at radius 3 is 1.94 bits per heavy atom. The van der Waals surface area contributed by atoms with E-state index in [4.69, 9.17) is 26.5 Å². The number of hydrogen-bond acceptors (Lipinski definition) is 7. The van der Waals surface area contributed by atoms with Crippen molar-refractivity contribution in [2.24, 2.45) is 0 Å². The minimum Gasteiger partial charge on any atom is -0.478 e. The molecule has 0 unspecified atom stereocenters. The molecule has 0 bridgehead atoms. The third-order valence-electron chi connectivity index (χ3n) is 1.89. The van der Waals surface area contributed by atoms with Gasteiger partial charge in [-0.05, 0) is 6.07 Å². The number of carbonyl (C=O) groups is 2. The van der Waals surface area contributed by atoms with Crippen molar-refractivity contribution < 1.29 is 40.1 Å². The summed E-state index contributed by atoms with van der Waals surface area (Å²) in [5.74, 6) is -4.91. The molecule has 0 spiro atoms. The molecule has 6 N–H and O–H groups in total. The molecular weight excluding hydrogens is 238 g/mol. The first-order valence-electron chi connectivity index (χ1n) is 3.99. The molecule has 9 heteroatoms. The van der Waals surface area contributed by atoms with Gasteiger partial charge < -0.3 is 25.7 Å². The van der Waals surface area contributed by atoms with Gasteiger partial charge in [0.2, 0.25) is 5.75 Å². The second kappa shape index (κ2) is 4.55. The minimum atomic E-state index is -1.70. The smallest absolute Gasteiger partial charge is 0.343 e. The van der Waals surface area contributed by atoms with E-state index in [1.165, 1.54) is 0 Å². The van der Waals surface area contributed by atoms with Crippen molar-refractivity contribution in [1.29, 1.82) is 0 Å². The molecule has 0 amide bonds. The third-order valence-corrected chi connectivity index (χ3v) is 1.89.